The molecule has 29 heavy (non-hydrogen) atoms. The molecule has 0 amide bonds. The van der Waals surface area contributed by atoms with Crippen molar-refractivity contribution < 1.29 is 28.6 Å². The molecule has 0 aromatic heterocycles. The molecule has 2 fully saturated rings. The lowest BCUT2D eigenvalue weighted by atomic mass is 9.66. The summed E-state index contributed by atoms with van der Waals surface area (Å²) in [5.41, 5.74) is -1.22. The zero-order valence-corrected chi connectivity index (χ0v) is 21.0. The fourth-order valence-electron chi connectivity index (χ4n) is 4.67. The SMILES string of the molecule is CCC1(COC(=O)I)COC2(CC(C)(CC)N(OC(C)=O)C(C)(CC)C2C)OC1. The summed E-state index contributed by atoms with van der Waals surface area (Å²) in [7, 11) is 0. The number of hydrogen-bond donors (Lipinski definition) is 0. The van der Waals surface area contributed by atoms with E-state index in [1.54, 1.807) is 22.6 Å². The molecular formula is C21H36INO6. The monoisotopic (exact) mass is 525 g/mol. The van der Waals surface area contributed by atoms with Crippen LogP contribution >= 0.6 is 22.6 Å². The Bertz CT molecular complexity index is 620. The van der Waals surface area contributed by atoms with Crippen molar-refractivity contribution in [3.05, 3.63) is 0 Å². The molecular weight excluding hydrogens is 489 g/mol. The molecule has 0 aliphatic carbocycles. The summed E-state index contributed by atoms with van der Waals surface area (Å²) in [4.78, 5) is 28.9. The highest BCUT2D eigenvalue weighted by Gasteiger charge is 2.64. The molecule has 7 nitrogen and oxygen atoms in total. The number of nitrogens with zero attached hydrogens (tertiary/aromatic N) is 1. The summed E-state index contributed by atoms with van der Waals surface area (Å²) < 4.78 is 18.0. The van der Waals surface area contributed by atoms with Gasteiger partial charge >= 0.3 is 9.95 Å². The van der Waals surface area contributed by atoms with Gasteiger partial charge in [0.25, 0.3) is 0 Å². The molecule has 0 bridgehead atoms. The van der Waals surface area contributed by atoms with Crippen molar-refractivity contribution in [3.8, 4) is 0 Å². The highest BCUT2D eigenvalue weighted by molar-refractivity contribution is 14.1. The minimum absolute atomic E-state index is 0.0408. The quantitative estimate of drug-likeness (QED) is 0.363. The van der Waals surface area contributed by atoms with Gasteiger partial charge in [-0.05, 0) is 33.1 Å². The molecule has 0 saturated carbocycles. The van der Waals surface area contributed by atoms with E-state index in [4.69, 9.17) is 19.0 Å². The maximum atomic E-state index is 11.9. The van der Waals surface area contributed by atoms with E-state index in [1.807, 2.05) is 5.06 Å². The summed E-state index contributed by atoms with van der Waals surface area (Å²) in [5, 5.41) is 1.89. The maximum Gasteiger partial charge on any atom is 0.367 e. The molecule has 0 radical (unpaired) electrons. The van der Waals surface area contributed by atoms with E-state index in [-0.39, 0.29) is 27.9 Å². The molecule has 0 aromatic carbocycles. The Balaban J connectivity index is 2.35. The molecule has 2 saturated heterocycles. The van der Waals surface area contributed by atoms with Crippen molar-refractivity contribution in [2.75, 3.05) is 19.8 Å². The van der Waals surface area contributed by atoms with Crippen molar-refractivity contribution in [1.29, 1.82) is 0 Å². The number of carbonyl (C=O) groups is 2. The lowest BCUT2D eigenvalue weighted by Gasteiger charge is -2.63. The van der Waals surface area contributed by atoms with E-state index in [0.717, 1.165) is 19.3 Å². The summed E-state index contributed by atoms with van der Waals surface area (Å²) in [6, 6.07) is 0. The van der Waals surface area contributed by atoms with E-state index >= 15 is 0 Å². The van der Waals surface area contributed by atoms with Crippen LogP contribution < -0.4 is 0 Å². The molecule has 2 aliphatic rings. The van der Waals surface area contributed by atoms with Crippen molar-refractivity contribution >= 4 is 32.5 Å². The average Bonchev–Trinajstić information content (AvgIpc) is 2.69. The topological polar surface area (TPSA) is 74.3 Å². The van der Waals surface area contributed by atoms with Gasteiger partial charge in [-0.2, -0.15) is 0 Å². The normalized spacial score (nSPS) is 40.6. The van der Waals surface area contributed by atoms with Crippen molar-refractivity contribution in [3.63, 3.8) is 0 Å². The Morgan fingerprint density at radius 1 is 1.10 bits per heavy atom. The van der Waals surface area contributed by atoms with Crippen LogP contribution in [0.1, 0.15) is 74.1 Å². The minimum atomic E-state index is -0.779. The third-order valence-corrected chi connectivity index (χ3v) is 7.67. The fraction of sp³-hybridized carbons (Fsp3) is 0.905. The van der Waals surface area contributed by atoms with Crippen LogP contribution in [0.25, 0.3) is 0 Å². The predicted molar refractivity (Wildman–Crippen MR) is 118 cm³/mol. The highest BCUT2D eigenvalue weighted by atomic mass is 127. The molecule has 0 aromatic rings. The zero-order chi connectivity index (χ0) is 22.1. The number of piperidine rings is 1. The molecule has 3 atom stereocenters. The van der Waals surface area contributed by atoms with Gasteiger partial charge in [0.2, 0.25) is 0 Å². The van der Waals surface area contributed by atoms with Gasteiger partial charge in [0.1, 0.15) is 6.61 Å². The van der Waals surface area contributed by atoms with E-state index < -0.39 is 16.9 Å². The van der Waals surface area contributed by atoms with Crippen LogP contribution in [0.15, 0.2) is 0 Å². The number of hydroxylamine groups is 2. The molecule has 0 N–H and O–H groups in total. The summed E-state index contributed by atoms with van der Waals surface area (Å²) in [6.45, 7) is 15.2. The van der Waals surface area contributed by atoms with Crippen molar-refractivity contribution in [2.24, 2.45) is 11.3 Å². The highest BCUT2D eigenvalue weighted by Crippen LogP contribution is 2.54. The van der Waals surface area contributed by atoms with Gasteiger partial charge in [0.05, 0.1) is 52.3 Å². The third-order valence-electron chi connectivity index (χ3n) is 7.36. The number of halogens is 1. The van der Waals surface area contributed by atoms with E-state index in [0.29, 0.717) is 19.6 Å². The standard InChI is InChI=1S/C21H36INO6/c1-8-18(6)11-21(15(4)19(7,9-2)23(18)29-16(5)24)27-13-20(10-3,14-28-21)12-26-17(22)25/h15H,8-14H2,1-7H3. The van der Waals surface area contributed by atoms with E-state index in [9.17, 15) is 9.59 Å². The van der Waals surface area contributed by atoms with Crippen LogP contribution in [0.2, 0.25) is 0 Å². The van der Waals surface area contributed by atoms with Gasteiger partial charge in [-0.1, -0.05) is 27.7 Å². The van der Waals surface area contributed by atoms with Crippen molar-refractivity contribution in [1.82, 2.24) is 5.06 Å². The molecule has 168 valence electrons. The van der Waals surface area contributed by atoms with Crippen molar-refractivity contribution in [2.45, 2.75) is 91.0 Å². The van der Waals surface area contributed by atoms with Gasteiger partial charge in [-0.3, -0.25) is 4.79 Å². The molecule has 2 heterocycles. The molecule has 2 rings (SSSR count). The smallest absolute Gasteiger partial charge is 0.367 e. The second kappa shape index (κ2) is 8.96. The molecule has 2 aliphatic heterocycles. The Hall–Kier alpha value is -0.450. The fourth-order valence-corrected chi connectivity index (χ4v) is 4.82. The first kappa shape index (κ1) is 24.8. The van der Waals surface area contributed by atoms with Crippen LogP contribution in [0, 0.1) is 11.3 Å². The van der Waals surface area contributed by atoms with Crippen LogP contribution in [0.3, 0.4) is 0 Å². The second-order valence-corrected chi connectivity index (χ2v) is 9.99. The minimum Gasteiger partial charge on any atom is -0.457 e. The first-order valence-electron chi connectivity index (χ1n) is 10.5. The first-order valence-corrected chi connectivity index (χ1v) is 11.6. The lowest BCUT2D eigenvalue weighted by molar-refractivity contribution is -0.402. The van der Waals surface area contributed by atoms with Crippen LogP contribution in [-0.4, -0.2) is 51.7 Å². The van der Waals surface area contributed by atoms with Crippen LogP contribution in [0.4, 0.5) is 4.79 Å². The maximum absolute atomic E-state index is 11.9. The third kappa shape index (κ3) is 4.60. The van der Waals surface area contributed by atoms with Crippen LogP contribution in [-0.2, 0) is 23.8 Å². The Morgan fingerprint density at radius 2 is 1.69 bits per heavy atom. The zero-order valence-electron chi connectivity index (χ0n) is 18.8. The summed E-state index contributed by atoms with van der Waals surface area (Å²) in [5.74, 6) is -1.14. The number of hydrogen-bond acceptors (Lipinski definition) is 7. The Morgan fingerprint density at radius 3 is 2.10 bits per heavy atom. The molecule has 3 unspecified atom stereocenters. The first-order chi connectivity index (χ1) is 13.4. The summed E-state index contributed by atoms with van der Waals surface area (Å²) >= 11 is 1.64. The predicted octanol–water partition coefficient (Wildman–Crippen LogP) is 4.85. The van der Waals surface area contributed by atoms with Gasteiger partial charge in [-0.15, -0.1) is 5.06 Å². The lowest BCUT2D eigenvalue weighted by Crippen LogP contribution is -2.74. The second-order valence-electron chi connectivity index (χ2n) is 9.11. The summed E-state index contributed by atoms with van der Waals surface area (Å²) in [6.07, 6.45) is 2.93. The van der Waals surface area contributed by atoms with Gasteiger partial charge < -0.3 is 19.0 Å². The van der Waals surface area contributed by atoms with Gasteiger partial charge in [0.15, 0.2) is 5.79 Å². The Labute approximate surface area is 188 Å². The molecule has 8 heteroatoms. The average molecular weight is 525 g/mol. The number of rotatable bonds is 6. The number of carbonyl (C=O) groups excluding carboxylic acids is 2. The van der Waals surface area contributed by atoms with Crippen LogP contribution in [0.5, 0.6) is 0 Å². The Kier molecular flexibility index (Phi) is 7.67. The largest absolute Gasteiger partial charge is 0.457 e. The molecule has 1 spiro atoms. The van der Waals surface area contributed by atoms with E-state index in [1.165, 1.54) is 6.92 Å². The number of ether oxygens (including phenoxy) is 3. The van der Waals surface area contributed by atoms with E-state index in [2.05, 4.69) is 41.5 Å². The van der Waals surface area contributed by atoms with Gasteiger partial charge in [-0.25, -0.2) is 4.79 Å². The van der Waals surface area contributed by atoms with Gasteiger partial charge in [0, 0.05) is 19.3 Å².